The largest absolute Gasteiger partial charge is 0.491 e. The van der Waals surface area contributed by atoms with E-state index in [1.807, 2.05) is 0 Å². The van der Waals surface area contributed by atoms with Crippen LogP contribution >= 0.6 is 0 Å². The Bertz CT molecular complexity index is 254. The second-order valence-electron chi connectivity index (χ2n) is 2.50. The number of hydrogen-bond acceptors (Lipinski definition) is 2. The monoisotopic (exact) mass is 151 g/mol. The molecule has 1 fully saturated rings. The number of rotatable bonds is 3. The second-order valence-corrected chi connectivity index (χ2v) is 2.50. The lowest BCUT2D eigenvalue weighted by Gasteiger charge is -2.01. The van der Waals surface area contributed by atoms with Gasteiger partial charge in [0.05, 0.1) is 7.98 Å². The molecular weight excluding hydrogens is 140 g/mol. The normalized spacial score (nSPS) is 22.5. The molecule has 2 nitrogen and oxygen atoms in total. The maximum absolute atomic E-state index is 7.24. The third kappa shape index (κ3) is 1.95. The molecule has 1 aromatic rings. The van der Waals surface area contributed by atoms with Crippen molar-refractivity contribution >= 4 is 0 Å². The van der Waals surface area contributed by atoms with E-state index in [1.54, 1.807) is 24.3 Å². The fourth-order valence-electron chi connectivity index (χ4n) is 0.821. The summed E-state index contributed by atoms with van der Waals surface area (Å²) in [6.07, 6.45) is 0.292. The van der Waals surface area contributed by atoms with E-state index in [2.05, 4.69) is 0 Å². The first kappa shape index (κ1) is 5.61. The molecular formula is C9H10O2. The van der Waals surface area contributed by atoms with Gasteiger partial charge in [-0.25, -0.2) is 0 Å². The van der Waals surface area contributed by atoms with Gasteiger partial charge in [-0.05, 0) is 12.1 Å². The summed E-state index contributed by atoms with van der Waals surface area (Å²) >= 11 is 0. The molecule has 2 heteroatoms. The van der Waals surface area contributed by atoms with Crippen LogP contribution in [0.5, 0.6) is 5.75 Å². The van der Waals surface area contributed by atoms with E-state index < -0.39 is 0 Å². The standard InChI is InChI=1S/C9H10O2/c1-2-4-8(5-3-1)10-6-9-7-11-9/h1-5,9H,6-7H2/i1D. The van der Waals surface area contributed by atoms with E-state index >= 15 is 0 Å². The molecule has 11 heavy (non-hydrogen) atoms. The van der Waals surface area contributed by atoms with Crippen molar-refractivity contribution in [2.75, 3.05) is 13.2 Å². The van der Waals surface area contributed by atoms with Crippen molar-refractivity contribution in [3.63, 3.8) is 0 Å². The Hall–Kier alpha value is -1.02. The van der Waals surface area contributed by atoms with Crippen molar-refractivity contribution in [3.05, 3.63) is 30.3 Å². The zero-order valence-corrected chi connectivity index (χ0v) is 6.12. The zero-order valence-electron chi connectivity index (χ0n) is 7.12. The topological polar surface area (TPSA) is 21.8 Å². The molecule has 0 spiro atoms. The van der Waals surface area contributed by atoms with Crippen LogP contribution in [-0.4, -0.2) is 19.3 Å². The van der Waals surface area contributed by atoms with Gasteiger partial charge in [-0.2, -0.15) is 0 Å². The van der Waals surface area contributed by atoms with Crippen molar-refractivity contribution in [2.45, 2.75) is 6.10 Å². The van der Waals surface area contributed by atoms with Crippen molar-refractivity contribution in [2.24, 2.45) is 0 Å². The van der Waals surface area contributed by atoms with E-state index in [9.17, 15) is 0 Å². The smallest absolute Gasteiger partial charge is 0.119 e. The molecule has 1 heterocycles. The third-order valence-electron chi connectivity index (χ3n) is 1.53. The van der Waals surface area contributed by atoms with Crippen LogP contribution < -0.4 is 4.74 Å². The van der Waals surface area contributed by atoms with E-state index in [0.717, 1.165) is 12.4 Å². The minimum atomic E-state index is 0.292. The van der Waals surface area contributed by atoms with Gasteiger partial charge >= 0.3 is 0 Å². The van der Waals surface area contributed by atoms with Gasteiger partial charge in [-0.3, -0.25) is 0 Å². The van der Waals surface area contributed by atoms with Crippen molar-refractivity contribution in [1.29, 1.82) is 0 Å². The Balaban J connectivity index is 1.89. The van der Waals surface area contributed by atoms with Crippen LogP contribution in [0.25, 0.3) is 0 Å². The highest BCUT2D eigenvalue weighted by atomic mass is 16.6. The Morgan fingerprint density at radius 3 is 3.00 bits per heavy atom. The SMILES string of the molecule is [2H]c1ccc(OCC2CO2)cc1. The van der Waals surface area contributed by atoms with Gasteiger partial charge < -0.3 is 9.47 Å². The van der Waals surface area contributed by atoms with Gasteiger partial charge in [0.2, 0.25) is 0 Å². The lowest BCUT2D eigenvalue weighted by molar-refractivity contribution is 0.263. The fourth-order valence-corrected chi connectivity index (χ4v) is 0.821. The van der Waals surface area contributed by atoms with Gasteiger partial charge in [-0.15, -0.1) is 0 Å². The van der Waals surface area contributed by atoms with Crippen LogP contribution in [-0.2, 0) is 4.74 Å². The molecule has 0 bridgehead atoms. The van der Waals surface area contributed by atoms with E-state index in [0.29, 0.717) is 18.8 Å². The highest BCUT2D eigenvalue weighted by Crippen LogP contribution is 2.13. The Morgan fingerprint density at radius 1 is 1.64 bits per heavy atom. The predicted molar refractivity (Wildman–Crippen MR) is 41.7 cm³/mol. The minimum absolute atomic E-state index is 0.292. The summed E-state index contributed by atoms with van der Waals surface area (Å²) in [6.45, 7) is 1.44. The molecule has 0 aromatic heterocycles. The summed E-state index contributed by atoms with van der Waals surface area (Å²) in [7, 11) is 0. The summed E-state index contributed by atoms with van der Waals surface area (Å²) in [5.41, 5.74) is 0. The molecule has 2 rings (SSSR count). The van der Waals surface area contributed by atoms with Gasteiger partial charge in [-0.1, -0.05) is 18.2 Å². The average Bonchev–Trinajstić information content (AvgIpc) is 2.87. The molecule has 0 N–H and O–H groups in total. The first-order valence-electron chi connectivity index (χ1n) is 4.16. The van der Waals surface area contributed by atoms with E-state index in [4.69, 9.17) is 10.8 Å². The lowest BCUT2D eigenvalue weighted by Crippen LogP contribution is -2.03. The summed E-state index contributed by atoms with van der Waals surface area (Å²) in [4.78, 5) is 0. The van der Waals surface area contributed by atoms with E-state index in [1.165, 1.54) is 0 Å². The van der Waals surface area contributed by atoms with Crippen LogP contribution in [0.2, 0.25) is 0 Å². The number of hydrogen-bond donors (Lipinski definition) is 0. The van der Waals surface area contributed by atoms with Gasteiger partial charge in [0.1, 0.15) is 18.5 Å². The van der Waals surface area contributed by atoms with Crippen LogP contribution in [0.4, 0.5) is 0 Å². The molecule has 0 aliphatic carbocycles. The van der Waals surface area contributed by atoms with Crippen LogP contribution in [0.1, 0.15) is 1.37 Å². The first-order chi connectivity index (χ1) is 5.84. The number of benzene rings is 1. The molecule has 1 unspecified atom stereocenters. The molecule has 1 saturated heterocycles. The molecule has 0 saturated carbocycles. The van der Waals surface area contributed by atoms with Crippen molar-refractivity contribution in [3.8, 4) is 5.75 Å². The van der Waals surface area contributed by atoms with Crippen molar-refractivity contribution in [1.82, 2.24) is 0 Å². The lowest BCUT2D eigenvalue weighted by atomic mass is 10.3. The third-order valence-corrected chi connectivity index (χ3v) is 1.53. The summed E-state index contributed by atoms with van der Waals surface area (Å²) in [5.74, 6) is 0.807. The van der Waals surface area contributed by atoms with Gasteiger partial charge in [0, 0.05) is 0 Å². The van der Waals surface area contributed by atoms with Crippen molar-refractivity contribution < 1.29 is 10.8 Å². The van der Waals surface area contributed by atoms with E-state index in [-0.39, 0.29) is 0 Å². The highest BCUT2D eigenvalue weighted by molar-refractivity contribution is 5.20. The molecule has 1 aliphatic heterocycles. The highest BCUT2D eigenvalue weighted by Gasteiger charge is 2.22. The van der Waals surface area contributed by atoms with Gasteiger partial charge in [0.15, 0.2) is 0 Å². The van der Waals surface area contributed by atoms with Crippen LogP contribution in [0.15, 0.2) is 30.3 Å². The number of para-hydroxylation sites is 1. The Kier molecular flexibility index (Phi) is 1.49. The fraction of sp³-hybridized carbons (Fsp3) is 0.333. The van der Waals surface area contributed by atoms with Gasteiger partial charge in [0.25, 0.3) is 0 Å². The first-order valence-corrected chi connectivity index (χ1v) is 3.66. The molecule has 0 radical (unpaired) electrons. The summed E-state index contributed by atoms with van der Waals surface area (Å²) < 4.78 is 17.6. The molecule has 58 valence electrons. The predicted octanol–water partition coefficient (Wildman–Crippen LogP) is 1.46. The molecule has 1 atom stereocenters. The molecule has 1 aliphatic rings. The maximum atomic E-state index is 7.24. The molecule has 1 aromatic carbocycles. The maximum Gasteiger partial charge on any atom is 0.119 e. The van der Waals surface area contributed by atoms with Crippen LogP contribution in [0.3, 0.4) is 0 Å². The minimum Gasteiger partial charge on any atom is -0.491 e. The summed E-state index contributed by atoms with van der Waals surface area (Å²) in [6, 6.07) is 7.52. The summed E-state index contributed by atoms with van der Waals surface area (Å²) in [5, 5.41) is 0. The quantitative estimate of drug-likeness (QED) is 0.610. The zero-order chi connectivity index (χ0) is 8.39. The average molecular weight is 151 g/mol. The molecule has 0 amide bonds. The number of epoxide rings is 1. The Labute approximate surface area is 67.2 Å². The second kappa shape index (κ2) is 2.93. The Morgan fingerprint density at radius 2 is 2.36 bits per heavy atom. The van der Waals surface area contributed by atoms with Crippen LogP contribution in [0, 0.1) is 0 Å². The number of ether oxygens (including phenoxy) is 2.